The molecular formula is C48H69NO12. The summed E-state index contributed by atoms with van der Waals surface area (Å²) in [5.41, 5.74) is 2.52. The molecule has 13 atom stereocenters. The molecule has 0 aromatic heterocycles. The Morgan fingerprint density at radius 3 is 2.10 bits per heavy atom. The van der Waals surface area contributed by atoms with Crippen LogP contribution in [0, 0.1) is 46.3 Å². The van der Waals surface area contributed by atoms with Crippen LogP contribution in [0.15, 0.2) is 35.9 Å². The van der Waals surface area contributed by atoms with E-state index in [4.69, 9.17) is 33.2 Å². The molecule has 1 aromatic rings. The first-order chi connectivity index (χ1) is 28.9. The SMILES string of the molecule is CC(=O)OCC1O[C@@H](Oc2ccc(NC(=O)OC3CCC4(C)C(=CCC5C4CCC4(C)C(C(C)CCCC(C)C)CCC54)C3)cc2)C(OC(C)=O)[C@H](OC(C)=O)[C@@H]1OC(C)=O. The van der Waals surface area contributed by atoms with Crippen molar-refractivity contribution < 1.29 is 57.1 Å². The normalized spacial score (nSPS) is 34.6. The van der Waals surface area contributed by atoms with Gasteiger partial charge in [0.05, 0.1) is 0 Å². The molecule has 4 fully saturated rings. The summed E-state index contributed by atoms with van der Waals surface area (Å²) in [4.78, 5) is 61.4. The molecular weight excluding hydrogens is 783 g/mol. The van der Waals surface area contributed by atoms with E-state index < -0.39 is 60.7 Å². The second-order valence-electron chi connectivity index (χ2n) is 19.4. The summed E-state index contributed by atoms with van der Waals surface area (Å²) in [6.45, 7) is 16.6. The number of rotatable bonds is 14. The highest BCUT2D eigenvalue weighted by Gasteiger charge is 2.59. The van der Waals surface area contributed by atoms with E-state index in [0.29, 0.717) is 17.0 Å². The van der Waals surface area contributed by atoms with Crippen LogP contribution in [0.2, 0.25) is 0 Å². The van der Waals surface area contributed by atoms with Gasteiger partial charge in [0.15, 0.2) is 12.2 Å². The molecule has 1 N–H and O–H groups in total. The zero-order valence-corrected chi connectivity index (χ0v) is 37.7. The van der Waals surface area contributed by atoms with Crippen molar-refractivity contribution in [3.05, 3.63) is 35.9 Å². The van der Waals surface area contributed by atoms with Crippen LogP contribution in [0.1, 0.15) is 133 Å². The van der Waals surface area contributed by atoms with Crippen molar-refractivity contribution >= 4 is 35.7 Å². The van der Waals surface area contributed by atoms with Crippen molar-refractivity contribution in [2.45, 2.75) is 170 Å². The molecule has 6 rings (SSSR count). The van der Waals surface area contributed by atoms with Gasteiger partial charge in [-0.05, 0) is 116 Å². The first-order valence-electron chi connectivity index (χ1n) is 22.6. The van der Waals surface area contributed by atoms with Crippen LogP contribution < -0.4 is 10.1 Å². The highest BCUT2D eigenvalue weighted by molar-refractivity contribution is 5.84. The Kier molecular flexibility index (Phi) is 14.8. The Morgan fingerprint density at radius 1 is 0.770 bits per heavy atom. The number of benzene rings is 1. The van der Waals surface area contributed by atoms with E-state index in [1.165, 1.54) is 57.4 Å². The molecule has 1 heterocycles. The maximum absolute atomic E-state index is 13.3. The number of amides is 1. The molecule has 1 saturated heterocycles. The maximum atomic E-state index is 13.3. The lowest BCUT2D eigenvalue weighted by molar-refractivity contribution is -0.288. The van der Waals surface area contributed by atoms with Crippen LogP contribution in [0.3, 0.4) is 0 Å². The number of ether oxygens (including phenoxy) is 7. The lowest BCUT2D eigenvalue weighted by Gasteiger charge is -2.58. The molecule has 1 aliphatic heterocycles. The molecule has 4 aliphatic carbocycles. The van der Waals surface area contributed by atoms with Crippen LogP contribution in [-0.4, -0.2) is 73.4 Å². The number of carbonyl (C=O) groups is 5. The van der Waals surface area contributed by atoms with E-state index in [9.17, 15) is 24.0 Å². The number of hydrogen-bond acceptors (Lipinski definition) is 12. The van der Waals surface area contributed by atoms with Gasteiger partial charge in [0.2, 0.25) is 12.4 Å². The third kappa shape index (κ3) is 10.7. The van der Waals surface area contributed by atoms with Crippen molar-refractivity contribution in [3.63, 3.8) is 0 Å². The monoisotopic (exact) mass is 851 g/mol. The van der Waals surface area contributed by atoms with Gasteiger partial charge in [0.25, 0.3) is 0 Å². The van der Waals surface area contributed by atoms with E-state index >= 15 is 0 Å². The fourth-order valence-corrected chi connectivity index (χ4v) is 12.1. The number of esters is 4. The lowest BCUT2D eigenvalue weighted by Crippen LogP contribution is -2.63. The van der Waals surface area contributed by atoms with Crippen molar-refractivity contribution in [2.24, 2.45) is 46.3 Å². The molecule has 1 aromatic carbocycles. The van der Waals surface area contributed by atoms with Gasteiger partial charge in [-0.25, -0.2) is 4.79 Å². The molecule has 5 aliphatic rings. The summed E-state index contributed by atoms with van der Waals surface area (Å²) in [6, 6.07) is 6.41. The van der Waals surface area contributed by atoms with Gasteiger partial charge in [-0.2, -0.15) is 0 Å². The molecule has 13 heteroatoms. The minimum absolute atomic E-state index is 0.147. The lowest BCUT2D eigenvalue weighted by atomic mass is 9.47. The number of hydrogen-bond donors (Lipinski definition) is 1. The quantitative estimate of drug-likeness (QED) is 0.108. The highest BCUT2D eigenvalue weighted by Crippen LogP contribution is 2.67. The molecule has 1 amide bonds. The van der Waals surface area contributed by atoms with Crippen LogP contribution in [0.25, 0.3) is 0 Å². The predicted molar refractivity (Wildman–Crippen MR) is 226 cm³/mol. The smallest absolute Gasteiger partial charge is 0.411 e. The van der Waals surface area contributed by atoms with Crippen molar-refractivity contribution in [3.8, 4) is 5.75 Å². The van der Waals surface area contributed by atoms with E-state index in [2.05, 4.69) is 46.0 Å². The fraction of sp³-hybridized carbons (Fsp3) is 0.729. The summed E-state index contributed by atoms with van der Waals surface area (Å²) in [7, 11) is 0. The molecule has 10 unspecified atom stereocenters. The van der Waals surface area contributed by atoms with Gasteiger partial charge in [-0.15, -0.1) is 0 Å². The van der Waals surface area contributed by atoms with Crippen LogP contribution >= 0.6 is 0 Å². The Morgan fingerprint density at radius 2 is 1.44 bits per heavy atom. The average Bonchev–Trinajstić information content (AvgIpc) is 3.54. The number of allylic oxidation sites excluding steroid dienone is 1. The summed E-state index contributed by atoms with van der Waals surface area (Å²) in [5.74, 6) is 2.03. The van der Waals surface area contributed by atoms with E-state index in [1.54, 1.807) is 24.3 Å². The topological polar surface area (TPSA) is 162 Å². The molecule has 13 nitrogen and oxygen atoms in total. The van der Waals surface area contributed by atoms with Crippen LogP contribution in [-0.2, 0) is 47.6 Å². The minimum atomic E-state index is -1.38. The standard InChI is InChI=1S/C48H69NO12/c1-27(2)11-10-12-28(3)38-19-20-39-37-18-13-33-25-36(21-23-47(33,8)40(37)22-24-48(38,39)9)60-46(54)49-34-14-16-35(17-15-34)59-45-44(58-32(7)53)43(57-31(6)52)42(56-30(5)51)41(61-45)26-55-29(4)50/h13-17,27-28,36-45H,10-12,18-26H2,1-9H3,(H,49,54)/t28?,36?,37?,38?,39?,40?,41?,42-,43-,44?,45-,47?,48?/m1/s1. The zero-order chi connectivity index (χ0) is 44.2. The van der Waals surface area contributed by atoms with Crippen molar-refractivity contribution in [2.75, 3.05) is 11.9 Å². The largest absolute Gasteiger partial charge is 0.463 e. The number of anilines is 1. The Bertz CT molecular complexity index is 1780. The predicted octanol–water partition coefficient (Wildman–Crippen LogP) is 9.11. The van der Waals surface area contributed by atoms with Gasteiger partial charge in [0.1, 0.15) is 24.6 Å². The van der Waals surface area contributed by atoms with Gasteiger partial charge < -0.3 is 33.2 Å². The molecule has 3 saturated carbocycles. The summed E-state index contributed by atoms with van der Waals surface area (Å²) < 4.78 is 39.7. The third-order valence-corrected chi connectivity index (χ3v) is 14.8. The molecule has 61 heavy (non-hydrogen) atoms. The summed E-state index contributed by atoms with van der Waals surface area (Å²) >= 11 is 0. The number of carbonyl (C=O) groups excluding carboxylic acids is 5. The first kappa shape index (κ1) is 46.4. The van der Waals surface area contributed by atoms with Gasteiger partial charge in [-0.1, -0.05) is 65.5 Å². The maximum Gasteiger partial charge on any atom is 0.411 e. The molecule has 0 radical (unpaired) electrons. The molecule has 0 spiro atoms. The van der Waals surface area contributed by atoms with Crippen LogP contribution in [0.4, 0.5) is 10.5 Å². The zero-order valence-electron chi connectivity index (χ0n) is 37.7. The van der Waals surface area contributed by atoms with Crippen molar-refractivity contribution in [1.29, 1.82) is 0 Å². The van der Waals surface area contributed by atoms with E-state index in [-0.39, 0.29) is 23.9 Å². The minimum Gasteiger partial charge on any atom is -0.463 e. The second kappa shape index (κ2) is 19.5. The fourth-order valence-electron chi connectivity index (χ4n) is 12.1. The van der Waals surface area contributed by atoms with Crippen LogP contribution in [0.5, 0.6) is 5.75 Å². The second-order valence-corrected chi connectivity index (χ2v) is 19.4. The van der Waals surface area contributed by atoms with E-state index in [1.807, 2.05) is 0 Å². The van der Waals surface area contributed by atoms with Gasteiger partial charge in [-0.3, -0.25) is 24.5 Å². The molecule has 338 valence electrons. The average molecular weight is 852 g/mol. The van der Waals surface area contributed by atoms with Crippen molar-refractivity contribution in [1.82, 2.24) is 0 Å². The third-order valence-electron chi connectivity index (χ3n) is 14.8. The van der Waals surface area contributed by atoms with Gasteiger partial charge in [0, 0.05) is 39.8 Å². The number of nitrogens with one attached hydrogen (secondary N) is 1. The number of fused-ring (bicyclic) bond motifs is 5. The Balaban J connectivity index is 1.06. The molecule has 0 bridgehead atoms. The Labute approximate surface area is 361 Å². The Hall–Kier alpha value is -4.13. The summed E-state index contributed by atoms with van der Waals surface area (Å²) in [6.07, 6.45) is 8.33. The summed E-state index contributed by atoms with van der Waals surface area (Å²) in [5, 5.41) is 2.84. The highest BCUT2D eigenvalue weighted by atomic mass is 16.7. The first-order valence-corrected chi connectivity index (χ1v) is 22.6. The van der Waals surface area contributed by atoms with E-state index in [0.717, 1.165) is 76.0 Å². The van der Waals surface area contributed by atoms with Gasteiger partial charge >= 0.3 is 30.0 Å².